The maximum atomic E-state index is 12.0. The first-order chi connectivity index (χ1) is 12.6. The number of anilines is 1. The standard InChI is InChI=1S/C19H21N3O4/c23-19(14-26-18-6-2-1-5-17(18)22(24)25)20-16-9-7-15(8-10-16)13-21-11-3-4-12-21/h1-2,5-10H,3-4,11-14H2,(H,20,23). The van der Waals surface area contributed by atoms with Crippen LogP contribution in [0.4, 0.5) is 11.4 Å². The van der Waals surface area contributed by atoms with E-state index in [4.69, 9.17) is 4.74 Å². The molecule has 2 aromatic carbocycles. The highest BCUT2D eigenvalue weighted by Gasteiger charge is 2.15. The molecule has 1 saturated heterocycles. The fourth-order valence-electron chi connectivity index (χ4n) is 2.96. The lowest BCUT2D eigenvalue weighted by atomic mass is 10.2. The van der Waals surface area contributed by atoms with Crippen LogP contribution < -0.4 is 10.1 Å². The average molecular weight is 355 g/mol. The van der Waals surface area contributed by atoms with Crippen molar-refractivity contribution in [3.8, 4) is 5.75 Å². The zero-order valence-corrected chi connectivity index (χ0v) is 14.4. The molecule has 136 valence electrons. The van der Waals surface area contributed by atoms with Crippen LogP contribution in [0.1, 0.15) is 18.4 Å². The molecule has 1 fully saturated rings. The van der Waals surface area contributed by atoms with Gasteiger partial charge in [0.25, 0.3) is 5.91 Å². The van der Waals surface area contributed by atoms with E-state index in [0.29, 0.717) is 5.69 Å². The van der Waals surface area contributed by atoms with E-state index >= 15 is 0 Å². The minimum absolute atomic E-state index is 0.0774. The molecule has 2 aromatic rings. The quantitative estimate of drug-likeness (QED) is 0.609. The number of carbonyl (C=O) groups is 1. The molecule has 0 saturated carbocycles. The third-order valence-electron chi connectivity index (χ3n) is 4.26. The van der Waals surface area contributed by atoms with Crippen LogP contribution in [0.25, 0.3) is 0 Å². The van der Waals surface area contributed by atoms with Crippen molar-refractivity contribution in [1.82, 2.24) is 4.90 Å². The van der Waals surface area contributed by atoms with Gasteiger partial charge in [0.2, 0.25) is 0 Å². The summed E-state index contributed by atoms with van der Waals surface area (Å²) in [5.41, 5.74) is 1.72. The number of rotatable bonds is 7. The Bertz CT molecular complexity index is 771. The van der Waals surface area contributed by atoms with Crippen LogP contribution in [0, 0.1) is 10.1 Å². The van der Waals surface area contributed by atoms with E-state index in [0.717, 1.165) is 19.6 Å². The fourth-order valence-corrected chi connectivity index (χ4v) is 2.96. The van der Waals surface area contributed by atoms with Crippen molar-refractivity contribution in [3.63, 3.8) is 0 Å². The largest absolute Gasteiger partial charge is 0.477 e. The summed E-state index contributed by atoms with van der Waals surface area (Å²) in [6.07, 6.45) is 2.52. The zero-order chi connectivity index (χ0) is 18.4. The first-order valence-electron chi connectivity index (χ1n) is 8.59. The van der Waals surface area contributed by atoms with Gasteiger partial charge in [-0.2, -0.15) is 0 Å². The monoisotopic (exact) mass is 355 g/mol. The van der Waals surface area contributed by atoms with Crippen molar-refractivity contribution in [1.29, 1.82) is 0 Å². The number of carbonyl (C=O) groups excluding carboxylic acids is 1. The number of likely N-dealkylation sites (tertiary alicyclic amines) is 1. The number of nitro benzene ring substituents is 1. The molecule has 0 aromatic heterocycles. The van der Waals surface area contributed by atoms with Crippen LogP contribution in [-0.4, -0.2) is 35.4 Å². The summed E-state index contributed by atoms with van der Waals surface area (Å²) in [6.45, 7) is 2.91. The minimum atomic E-state index is -0.535. The second-order valence-corrected chi connectivity index (χ2v) is 6.24. The van der Waals surface area contributed by atoms with Gasteiger partial charge in [-0.15, -0.1) is 0 Å². The van der Waals surface area contributed by atoms with Crippen molar-refractivity contribution in [2.24, 2.45) is 0 Å². The number of ether oxygens (including phenoxy) is 1. The van der Waals surface area contributed by atoms with Crippen LogP contribution in [0.3, 0.4) is 0 Å². The van der Waals surface area contributed by atoms with Gasteiger partial charge >= 0.3 is 5.69 Å². The number of hydrogen-bond donors (Lipinski definition) is 1. The fraction of sp³-hybridized carbons (Fsp3) is 0.316. The van der Waals surface area contributed by atoms with Crippen LogP contribution in [0.15, 0.2) is 48.5 Å². The molecule has 1 N–H and O–H groups in total. The first-order valence-corrected chi connectivity index (χ1v) is 8.59. The minimum Gasteiger partial charge on any atom is -0.477 e. The Morgan fingerprint density at radius 3 is 2.50 bits per heavy atom. The van der Waals surface area contributed by atoms with E-state index < -0.39 is 4.92 Å². The number of nitrogens with one attached hydrogen (secondary N) is 1. The second kappa shape index (κ2) is 8.44. The summed E-state index contributed by atoms with van der Waals surface area (Å²) >= 11 is 0. The molecule has 3 rings (SSSR count). The summed E-state index contributed by atoms with van der Waals surface area (Å²) in [5.74, 6) is -0.288. The van der Waals surface area contributed by atoms with Gasteiger partial charge in [-0.25, -0.2) is 0 Å². The van der Waals surface area contributed by atoms with E-state index in [2.05, 4.69) is 10.2 Å². The molecule has 0 bridgehead atoms. The Hall–Kier alpha value is -2.93. The topological polar surface area (TPSA) is 84.7 Å². The highest BCUT2D eigenvalue weighted by molar-refractivity contribution is 5.91. The van der Waals surface area contributed by atoms with E-state index in [9.17, 15) is 14.9 Å². The number of amides is 1. The first kappa shape index (κ1) is 17.9. The Balaban J connectivity index is 1.51. The van der Waals surface area contributed by atoms with Gasteiger partial charge in [0.1, 0.15) is 0 Å². The maximum Gasteiger partial charge on any atom is 0.310 e. The van der Waals surface area contributed by atoms with Crippen LogP contribution in [0.2, 0.25) is 0 Å². The summed E-state index contributed by atoms with van der Waals surface area (Å²) in [6, 6.07) is 13.7. The van der Waals surface area contributed by atoms with E-state index in [1.165, 1.54) is 30.5 Å². The van der Waals surface area contributed by atoms with Crippen LogP contribution >= 0.6 is 0 Å². The lowest BCUT2D eigenvalue weighted by Crippen LogP contribution is -2.20. The van der Waals surface area contributed by atoms with Crippen molar-refractivity contribution >= 4 is 17.3 Å². The highest BCUT2D eigenvalue weighted by Crippen LogP contribution is 2.25. The Morgan fingerprint density at radius 2 is 1.81 bits per heavy atom. The summed E-state index contributed by atoms with van der Waals surface area (Å²) in [7, 11) is 0. The number of hydrogen-bond acceptors (Lipinski definition) is 5. The molecule has 0 spiro atoms. The van der Waals surface area contributed by atoms with Gasteiger partial charge in [-0.3, -0.25) is 19.8 Å². The Kier molecular flexibility index (Phi) is 5.80. The van der Waals surface area contributed by atoms with Gasteiger partial charge < -0.3 is 10.1 Å². The molecule has 0 atom stereocenters. The molecule has 0 unspecified atom stereocenters. The molecule has 1 aliphatic rings. The molecular formula is C19H21N3O4. The van der Waals surface area contributed by atoms with Gasteiger partial charge in [0, 0.05) is 18.3 Å². The summed E-state index contributed by atoms with van der Waals surface area (Å²) in [4.78, 5) is 24.8. The molecule has 7 heteroatoms. The Morgan fingerprint density at radius 1 is 1.12 bits per heavy atom. The smallest absolute Gasteiger partial charge is 0.310 e. The third-order valence-corrected chi connectivity index (χ3v) is 4.26. The molecular weight excluding hydrogens is 334 g/mol. The Labute approximate surface area is 151 Å². The van der Waals surface area contributed by atoms with Gasteiger partial charge in [-0.1, -0.05) is 24.3 Å². The zero-order valence-electron chi connectivity index (χ0n) is 14.4. The highest BCUT2D eigenvalue weighted by atomic mass is 16.6. The van der Waals surface area contributed by atoms with Crippen molar-refractivity contribution in [2.45, 2.75) is 19.4 Å². The number of benzene rings is 2. The van der Waals surface area contributed by atoms with Crippen LogP contribution in [0.5, 0.6) is 5.75 Å². The number of nitro groups is 1. The predicted octanol–water partition coefficient (Wildman–Crippen LogP) is 3.21. The maximum absolute atomic E-state index is 12.0. The van der Waals surface area contributed by atoms with Crippen molar-refractivity contribution < 1.29 is 14.5 Å². The van der Waals surface area contributed by atoms with Crippen molar-refractivity contribution in [3.05, 3.63) is 64.2 Å². The molecule has 0 radical (unpaired) electrons. The molecule has 1 aliphatic heterocycles. The molecule has 1 amide bonds. The van der Waals surface area contributed by atoms with E-state index in [-0.39, 0.29) is 24.0 Å². The average Bonchev–Trinajstić information content (AvgIpc) is 3.15. The number of nitrogens with zero attached hydrogens (tertiary/aromatic N) is 2. The van der Waals surface area contributed by atoms with Gasteiger partial charge in [0.15, 0.2) is 12.4 Å². The molecule has 7 nitrogen and oxygen atoms in total. The summed E-state index contributed by atoms with van der Waals surface area (Å²) < 4.78 is 5.28. The van der Waals surface area contributed by atoms with Gasteiger partial charge in [0.05, 0.1) is 4.92 Å². The van der Waals surface area contributed by atoms with Crippen molar-refractivity contribution in [2.75, 3.05) is 25.0 Å². The summed E-state index contributed by atoms with van der Waals surface area (Å²) in [5, 5.41) is 13.7. The third kappa shape index (κ3) is 4.80. The number of para-hydroxylation sites is 2. The lowest BCUT2D eigenvalue weighted by molar-refractivity contribution is -0.385. The second-order valence-electron chi connectivity index (χ2n) is 6.24. The predicted molar refractivity (Wildman–Crippen MR) is 98.2 cm³/mol. The molecule has 0 aliphatic carbocycles. The van der Waals surface area contributed by atoms with E-state index in [1.54, 1.807) is 12.1 Å². The van der Waals surface area contributed by atoms with Gasteiger partial charge in [-0.05, 0) is 49.7 Å². The normalized spacial score (nSPS) is 14.2. The molecule has 1 heterocycles. The SMILES string of the molecule is O=C(COc1ccccc1[N+](=O)[O-])Nc1ccc(CN2CCCC2)cc1. The molecule has 26 heavy (non-hydrogen) atoms. The van der Waals surface area contributed by atoms with E-state index in [1.807, 2.05) is 24.3 Å². The van der Waals surface area contributed by atoms with Crippen LogP contribution in [-0.2, 0) is 11.3 Å². The lowest BCUT2D eigenvalue weighted by Gasteiger charge is -2.14.